The van der Waals surface area contributed by atoms with Gasteiger partial charge in [0.1, 0.15) is 0 Å². The first-order chi connectivity index (χ1) is 1.91. The second kappa shape index (κ2) is 3.30. The van der Waals surface area contributed by atoms with E-state index in [1.807, 2.05) is 5.67 Å². The van der Waals surface area contributed by atoms with Crippen LogP contribution in [0, 0.1) is 6.92 Å². The molecular weight excluding hydrogens is 80.2 g/mol. The topological polar surface area (TPSA) is 0 Å². The number of hydrogen-bond acceptors (Lipinski definition) is 0. The standard InChI is InChI=1S/C2H7Si2/c1-2-4-3/h2,4H,1H2,3H3. The third-order valence-corrected chi connectivity index (χ3v) is 2.12. The number of hydrogen-bond donors (Lipinski definition) is 0. The molecule has 0 aliphatic carbocycles. The first-order valence-corrected chi connectivity index (χ1v) is 6.60. The molecule has 0 atom stereocenters. The van der Waals surface area contributed by atoms with Gasteiger partial charge < -0.3 is 0 Å². The first kappa shape index (κ1) is 4.30. The van der Waals surface area contributed by atoms with Gasteiger partial charge in [0.2, 0.25) is 0 Å². The van der Waals surface area contributed by atoms with Gasteiger partial charge in [-0.2, -0.15) is 0 Å². The molecule has 0 bridgehead atoms. The zero-order chi connectivity index (χ0) is 3.41. The van der Waals surface area contributed by atoms with Gasteiger partial charge in [0.25, 0.3) is 0 Å². The summed E-state index contributed by atoms with van der Waals surface area (Å²) in [4.78, 5) is 0. The van der Waals surface area contributed by atoms with Crippen molar-refractivity contribution >= 4 is 24.1 Å². The molecule has 0 fully saturated rings. The number of rotatable bonds is 0. The molecule has 0 aromatic rings. The van der Waals surface area contributed by atoms with Crippen LogP contribution in [0.4, 0.5) is 0 Å². The Morgan fingerprint density at radius 1 is 2.00 bits per heavy atom. The Kier molecular flexibility index (Phi) is 3.55. The molecule has 0 aromatic carbocycles. The van der Waals surface area contributed by atoms with Gasteiger partial charge in [-0.1, -0.05) is 0 Å². The zero-order valence-corrected chi connectivity index (χ0v) is 6.02. The lowest BCUT2D eigenvalue weighted by atomic mass is 11.0. The monoisotopic (exact) mass is 87.0 g/mol. The van der Waals surface area contributed by atoms with Gasteiger partial charge in [0.15, 0.2) is 0 Å². The Morgan fingerprint density at radius 2 is 2.25 bits per heavy atom. The van der Waals surface area contributed by atoms with E-state index in [-0.39, 0.29) is 0 Å². The largest absolute Gasteiger partial charge is 0.110 e. The highest BCUT2D eigenvalue weighted by Gasteiger charge is 1.37. The molecule has 0 unspecified atom stereocenters. The van der Waals surface area contributed by atoms with Crippen LogP contribution in [0.5, 0.6) is 0 Å². The lowest BCUT2D eigenvalue weighted by Crippen LogP contribution is -1.71. The molecule has 0 aliphatic heterocycles. The summed E-state index contributed by atoms with van der Waals surface area (Å²) < 4.78 is 0. The second-order valence-electron chi connectivity index (χ2n) is 0.569. The minimum absolute atomic E-state index is 0.685. The lowest BCUT2D eigenvalue weighted by Gasteiger charge is -1.47. The van der Waals surface area contributed by atoms with Crippen LogP contribution in [0.15, 0.2) is 0 Å². The Labute approximate surface area is 31.9 Å². The van der Waals surface area contributed by atoms with Crippen LogP contribution in [-0.2, 0) is 0 Å². The minimum Gasteiger partial charge on any atom is -0.110 e. The summed E-state index contributed by atoms with van der Waals surface area (Å²) >= 11 is 0. The molecule has 0 saturated carbocycles. The van der Waals surface area contributed by atoms with Crippen molar-refractivity contribution in [2.75, 3.05) is 0 Å². The van der Waals surface area contributed by atoms with Gasteiger partial charge in [0, 0.05) is 9.76 Å². The van der Waals surface area contributed by atoms with Crippen molar-refractivity contribution in [1.29, 1.82) is 0 Å². The second-order valence-corrected chi connectivity index (χ2v) is 3.71. The fourth-order valence-corrected chi connectivity index (χ4v) is 0. The Morgan fingerprint density at radius 3 is 2.25 bits per heavy atom. The SMILES string of the molecule is [CH2]C=[SiH][SiH3]. The van der Waals surface area contributed by atoms with Crippen LogP contribution < -0.4 is 0 Å². The van der Waals surface area contributed by atoms with Crippen molar-refractivity contribution in [3.05, 3.63) is 6.92 Å². The first-order valence-electron chi connectivity index (χ1n) is 1.32. The van der Waals surface area contributed by atoms with E-state index < -0.39 is 0 Å². The van der Waals surface area contributed by atoms with Crippen molar-refractivity contribution in [2.24, 2.45) is 0 Å². The minimum atomic E-state index is 0.685. The van der Waals surface area contributed by atoms with Crippen LogP contribution >= 0.6 is 0 Å². The van der Waals surface area contributed by atoms with Gasteiger partial charge in [-0.15, -0.1) is 5.67 Å². The highest BCUT2D eigenvalue weighted by molar-refractivity contribution is 6.92. The molecule has 0 spiro atoms. The van der Waals surface area contributed by atoms with E-state index in [9.17, 15) is 0 Å². The molecule has 0 saturated heterocycles. The lowest BCUT2D eigenvalue weighted by molar-refractivity contribution is 2.76. The maximum atomic E-state index is 3.55. The average Bonchev–Trinajstić information content (AvgIpc) is 1.37. The summed E-state index contributed by atoms with van der Waals surface area (Å²) in [5, 5.41) is 0. The van der Waals surface area contributed by atoms with E-state index in [1.54, 1.807) is 0 Å². The molecule has 0 heterocycles. The van der Waals surface area contributed by atoms with Crippen LogP contribution in [0.25, 0.3) is 0 Å². The third kappa shape index (κ3) is 2.30. The van der Waals surface area contributed by atoms with Gasteiger partial charge >= 0.3 is 0 Å². The maximum absolute atomic E-state index is 3.55. The van der Waals surface area contributed by atoms with E-state index >= 15 is 0 Å². The van der Waals surface area contributed by atoms with Crippen molar-refractivity contribution in [3.8, 4) is 0 Å². The van der Waals surface area contributed by atoms with E-state index in [1.165, 1.54) is 9.76 Å². The third-order valence-electron chi connectivity index (χ3n) is 0.236. The molecule has 0 amide bonds. The molecule has 1 radical (unpaired) electrons. The summed E-state index contributed by atoms with van der Waals surface area (Å²) in [6.45, 7) is 3.55. The Balaban J connectivity index is 2.55. The van der Waals surface area contributed by atoms with Crippen molar-refractivity contribution in [2.45, 2.75) is 0 Å². The van der Waals surface area contributed by atoms with Gasteiger partial charge in [-0.05, 0) is 15.6 Å². The summed E-state index contributed by atoms with van der Waals surface area (Å²) in [6, 6.07) is 0. The van der Waals surface area contributed by atoms with Crippen molar-refractivity contribution < 1.29 is 0 Å². The highest BCUT2D eigenvalue weighted by Crippen LogP contribution is 1.18. The molecule has 0 N–H and O–H groups in total. The van der Waals surface area contributed by atoms with Crippen LogP contribution in [0.2, 0.25) is 0 Å². The average molecular weight is 87.2 g/mol. The van der Waals surface area contributed by atoms with Crippen molar-refractivity contribution in [1.82, 2.24) is 0 Å². The summed E-state index contributed by atoms with van der Waals surface area (Å²) in [5.41, 5.74) is 2.02. The quantitative estimate of drug-likeness (QED) is 0.310. The van der Waals surface area contributed by atoms with Gasteiger partial charge in [0.05, 0.1) is 0 Å². The van der Waals surface area contributed by atoms with Gasteiger partial charge in [-0.3, -0.25) is 0 Å². The summed E-state index contributed by atoms with van der Waals surface area (Å²) in [7, 11) is 2.04. The Hall–Kier alpha value is 0.304. The summed E-state index contributed by atoms with van der Waals surface area (Å²) in [5.74, 6) is 0. The van der Waals surface area contributed by atoms with Crippen LogP contribution in [0.3, 0.4) is 0 Å². The molecule has 4 heavy (non-hydrogen) atoms. The molecular formula is C2H7Si2. The maximum Gasteiger partial charge on any atom is 0.0119 e. The fraction of sp³-hybridized carbons (Fsp3) is 0. The molecule has 23 valence electrons. The zero-order valence-electron chi connectivity index (χ0n) is 2.86. The summed E-state index contributed by atoms with van der Waals surface area (Å²) in [6.07, 6.45) is 0. The molecule has 0 aliphatic rings. The van der Waals surface area contributed by atoms with Crippen molar-refractivity contribution in [3.63, 3.8) is 0 Å². The van der Waals surface area contributed by atoms with Gasteiger partial charge in [-0.25, -0.2) is 0 Å². The van der Waals surface area contributed by atoms with Crippen LogP contribution in [0.1, 0.15) is 0 Å². The van der Waals surface area contributed by atoms with E-state index in [0.717, 1.165) is 0 Å². The van der Waals surface area contributed by atoms with E-state index in [2.05, 4.69) is 6.92 Å². The highest BCUT2D eigenvalue weighted by atomic mass is 29.1. The molecule has 0 nitrogen and oxygen atoms in total. The van der Waals surface area contributed by atoms with E-state index in [4.69, 9.17) is 0 Å². The predicted octanol–water partition coefficient (Wildman–Crippen LogP) is -1.66. The fourth-order valence-electron chi connectivity index (χ4n) is 0. The Bertz CT molecular complexity index is 19.2. The molecule has 0 rings (SSSR count). The molecule has 2 heteroatoms. The van der Waals surface area contributed by atoms with E-state index in [0.29, 0.717) is 8.65 Å². The normalized spacial score (nSPS) is 10.2. The molecule has 0 aromatic heterocycles. The smallest absolute Gasteiger partial charge is 0.0119 e. The van der Waals surface area contributed by atoms with Crippen LogP contribution in [-0.4, -0.2) is 24.1 Å². The predicted molar refractivity (Wildman–Crippen MR) is 28.5 cm³/mol.